The van der Waals surface area contributed by atoms with Crippen LogP contribution in [0.3, 0.4) is 0 Å². The minimum Gasteiger partial charge on any atom is -0.385 e. The fraction of sp³-hybridized carbons (Fsp3) is 0.400. The number of nitrogens with zero attached hydrogens (tertiary/aromatic N) is 1. The fourth-order valence-corrected chi connectivity index (χ4v) is 2.60. The molecule has 2 heterocycles. The summed E-state index contributed by atoms with van der Waals surface area (Å²) in [5.74, 6) is 0. The average Bonchev–Trinajstić information content (AvgIpc) is 2.47. The largest absolute Gasteiger partial charge is 0.385 e. The molecule has 1 aliphatic rings. The van der Waals surface area contributed by atoms with Crippen LogP contribution in [0.4, 0.5) is 0 Å². The second kappa shape index (κ2) is 5.04. The van der Waals surface area contributed by atoms with Crippen LogP contribution in [0.15, 0.2) is 36.4 Å². The Morgan fingerprint density at radius 1 is 1.17 bits per heavy atom. The van der Waals surface area contributed by atoms with Crippen LogP contribution in [-0.2, 0) is 0 Å². The van der Waals surface area contributed by atoms with Crippen LogP contribution in [0.5, 0.6) is 0 Å². The molecule has 0 unspecified atom stereocenters. The van der Waals surface area contributed by atoms with E-state index in [0.29, 0.717) is 0 Å². The highest BCUT2D eigenvalue weighted by atomic mass is 16.3. The number of nitrogens with one attached hydrogen (secondary N) is 1. The standard InChI is InChI=1S/C15H18N2O/c18-15(13-7-3-4-10-16-13)14-9-8-11-5-1-2-6-12(11)17-14/h1-2,5-6,8-9,13,15-16,18H,3-4,7,10H2/t13-,15-/m1/s1. The Morgan fingerprint density at radius 3 is 2.89 bits per heavy atom. The topological polar surface area (TPSA) is 45.2 Å². The summed E-state index contributed by atoms with van der Waals surface area (Å²) >= 11 is 0. The van der Waals surface area contributed by atoms with E-state index in [-0.39, 0.29) is 6.04 Å². The predicted octanol–water partition coefficient (Wildman–Crippen LogP) is 2.41. The van der Waals surface area contributed by atoms with E-state index in [2.05, 4.69) is 10.3 Å². The van der Waals surface area contributed by atoms with Crippen molar-refractivity contribution in [1.29, 1.82) is 0 Å². The number of benzene rings is 1. The van der Waals surface area contributed by atoms with Gasteiger partial charge < -0.3 is 10.4 Å². The number of aromatic nitrogens is 1. The third-order valence-electron chi connectivity index (χ3n) is 3.65. The first-order valence-corrected chi connectivity index (χ1v) is 6.62. The van der Waals surface area contributed by atoms with Gasteiger partial charge in [-0.15, -0.1) is 0 Å². The third-order valence-corrected chi connectivity index (χ3v) is 3.65. The molecule has 1 aromatic heterocycles. The Bertz CT molecular complexity index is 535. The second-order valence-corrected chi connectivity index (χ2v) is 4.93. The van der Waals surface area contributed by atoms with Gasteiger partial charge in [0, 0.05) is 11.4 Å². The maximum absolute atomic E-state index is 10.4. The number of piperidine rings is 1. The van der Waals surface area contributed by atoms with Gasteiger partial charge in [-0.25, -0.2) is 0 Å². The van der Waals surface area contributed by atoms with Crippen LogP contribution in [0.2, 0.25) is 0 Å². The molecule has 0 amide bonds. The van der Waals surface area contributed by atoms with Gasteiger partial charge in [-0.2, -0.15) is 0 Å². The number of aliphatic hydroxyl groups is 1. The Balaban J connectivity index is 1.88. The molecule has 0 spiro atoms. The third kappa shape index (κ3) is 2.24. The molecule has 2 atom stereocenters. The number of hydrogen-bond donors (Lipinski definition) is 2. The lowest BCUT2D eigenvalue weighted by atomic mass is 9.97. The molecular weight excluding hydrogens is 224 g/mol. The van der Waals surface area contributed by atoms with Gasteiger partial charge in [0.05, 0.1) is 11.2 Å². The molecule has 3 rings (SSSR count). The van der Waals surface area contributed by atoms with Gasteiger partial charge in [-0.1, -0.05) is 30.7 Å². The summed E-state index contributed by atoms with van der Waals surface area (Å²) in [6, 6.07) is 12.1. The molecule has 3 nitrogen and oxygen atoms in total. The summed E-state index contributed by atoms with van der Waals surface area (Å²) in [5, 5.41) is 14.9. The lowest BCUT2D eigenvalue weighted by molar-refractivity contribution is 0.110. The van der Waals surface area contributed by atoms with E-state index in [1.807, 2.05) is 36.4 Å². The molecule has 0 aliphatic carbocycles. The quantitative estimate of drug-likeness (QED) is 0.850. The molecule has 1 saturated heterocycles. The summed E-state index contributed by atoms with van der Waals surface area (Å²) in [6.45, 7) is 0.995. The molecular formula is C15H18N2O. The summed E-state index contributed by atoms with van der Waals surface area (Å²) < 4.78 is 0. The first-order valence-electron chi connectivity index (χ1n) is 6.62. The number of fused-ring (bicyclic) bond motifs is 1. The van der Waals surface area contributed by atoms with Crippen LogP contribution in [0.25, 0.3) is 10.9 Å². The highest BCUT2D eigenvalue weighted by molar-refractivity contribution is 5.78. The predicted molar refractivity (Wildman–Crippen MR) is 72.3 cm³/mol. The minimum atomic E-state index is -0.505. The van der Waals surface area contributed by atoms with Crippen LogP contribution in [0.1, 0.15) is 31.1 Å². The smallest absolute Gasteiger partial charge is 0.111 e. The van der Waals surface area contributed by atoms with Crippen molar-refractivity contribution in [3.63, 3.8) is 0 Å². The lowest BCUT2D eigenvalue weighted by Gasteiger charge is -2.27. The number of aliphatic hydroxyl groups excluding tert-OH is 1. The molecule has 1 aromatic carbocycles. The van der Waals surface area contributed by atoms with Crippen LogP contribution in [0, 0.1) is 0 Å². The van der Waals surface area contributed by atoms with Crippen molar-refractivity contribution < 1.29 is 5.11 Å². The van der Waals surface area contributed by atoms with Gasteiger partial charge in [-0.3, -0.25) is 4.98 Å². The van der Waals surface area contributed by atoms with E-state index in [9.17, 15) is 5.11 Å². The maximum Gasteiger partial charge on any atom is 0.111 e. The van der Waals surface area contributed by atoms with E-state index in [1.165, 1.54) is 12.8 Å². The Hall–Kier alpha value is -1.45. The van der Waals surface area contributed by atoms with E-state index in [0.717, 1.165) is 29.6 Å². The molecule has 3 heteroatoms. The van der Waals surface area contributed by atoms with Crippen LogP contribution in [-0.4, -0.2) is 22.7 Å². The zero-order chi connectivity index (χ0) is 12.4. The summed E-state index contributed by atoms with van der Waals surface area (Å²) in [5.41, 5.74) is 1.72. The van der Waals surface area contributed by atoms with Crippen molar-refractivity contribution in [3.05, 3.63) is 42.1 Å². The average molecular weight is 242 g/mol. The van der Waals surface area contributed by atoms with Crippen molar-refractivity contribution >= 4 is 10.9 Å². The maximum atomic E-state index is 10.4. The number of para-hydroxylation sites is 1. The zero-order valence-electron chi connectivity index (χ0n) is 10.3. The molecule has 2 N–H and O–H groups in total. The van der Waals surface area contributed by atoms with Crippen molar-refractivity contribution in [3.8, 4) is 0 Å². The van der Waals surface area contributed by atoms with Crippen molar-refractivity contribution in [2.45, 2.75) is 31.4 Å². The summed E-state index contributed by atoms with van der Waals surface area (Å²) in [6.07, 6.45) is 2.90. The molecule has 18 heavy (non-hydrogen) atoms. The minimum absolute atomic E-state index is 0.146. The van der Waals surface area contributed by atoms with E-state index >= 15 is 0 Å². The molecule has 1 fully saturated rings. The van der Waals surface area contributed by atoms with E-state index < -0.39 is 6.10 Å². The summed E-state index contributed by atoms with van der Waals surface area (Å²) in [4.78, 5) is 4.56. The van der Waals surface area contributed by atoms with Crippen LogP contribution >= 0.6 is 0 Å². The highest BCUT2D eigenvalue weighted by Gasteiger charge is 2.23. The van der Waals surface area contributed by atoms with Crippen LogP contribution < -0.4 is 5.32 Å². The van der Waals surface area contributed by atoms with Gasteiger partial charge in [-0.05, 0) is 31.5 Å². The first-order chi connectivity index (χ1) is 8.84. The fourth-order valence-electron chi connectivity index (χ4n) is 2.60. The normalized spacial score (nSPS) is 21.9. The molecule has 0 bridgehead atoms. The van der Waals surface area contributed by atoms with E-state index in [4.69, 9.17) is 0 Å². The monoisotopic (exact) mass is 242 g/mol. The molecule has 0 radical (unpaired) electrons. The highest BCUT2D eigenvalue weighted by Crippen LogP contribution is 2.23. The molecule has 1 aliphatic heterocycles. The van der Waals surface area contributed by atoms with Crippen molar-refractivity contribution in [2.24, 2.45) is 0 Å². The molecule has 94 valence electrons. The number of rotatable bonds is 2. The van der Waals surface area contributed by atoms with Gasteiger partial charge >= 0.3 is 0 Å². The van der Waals surface area contributed by atoms with Gasteiger partial charge in [0.1, 0.15) is 6.10 Å². The van der Waals surface area contributed by atoms with E-state index in [1.54, 1.807) is 0 Å². The number of pyridine rings is 1. The summed E-state index contributed by atoms with van der Waals surface area (Å²) in [7, 11) is 0. The van der Waals surface area contributed by atoms with Gasteiger partial charge in [0.2, 0.25) is 0 Å². The SMILES string of the molecule is O[C@@H](c1ccc2ccccc2n1)[C@H]1CCCCN1. The zero-order valence-corrected chi connectivity index (χ0v) is 10.3. The lowest BCUT2D eigenvalue weighted by Crippen LogP contribution is -2.39. The van der Waals surface area contributed by atoms with Crippen molar-refractivity contribution in [2.75, 3.05) is 6.54 Å². The van der Waals surface area contributed by atoms with Gasteiger partial charge in [0.25, 0.3) is 0 Å². The Kier molecular flexibility index (Phi) is 3.26. The Labute approximate surface area is 107 Å². The molecule has 2 aromatic rings. The second-order valence-electron chi connectivity index (χ2n) is 4.93. The van der Waals surface area contributed by atoms with Crippen molar-refractivity contribution in [1.82, 2.24) is 10.3 Å². The van der Waals surface area contributed by atoms with Gasteiger partial charge in [0.15, 0.2) is 0 Å². The Morgan fingerprint density at radius 2 is 2.06 bits per heavy atom. The molecule has 0 saturated carbocycles. The first kappa shape index (κ1) is 11.6. The number of hydrogen-bond acceptors (Lipinski definition) is 3.